The molecule has 0 spiro atoms. The summed E-state index contributed by atoms with van der Waals surface area (Å²) in [6.07, 6.45) is 7.00. The predicted octanol–water partition coefficient (Wildman–Crippen LogP) is 3.03. The first-order chi connectivity index (χ1) is 12.6. The highest BCUT2D eigenvalue weighted by Gasteiger charge is 2.21. The molecule has 2 fully saturated rings. The van der Waals surface area contributed by atoms with Gasteiger partial charge < -0.3 is 15.8 Å². The summed E-state index contributed by atoms with van der Waals surface area (Å²) in [4.78, 5) is 6.98. The summed E-state index contributed by atoms with van der Waals surface area (Å²) >= 11 is 0. The molecule has 0 aromatic heterocycles. The molecule has 3 rings (SSSR count). The van der Waals surface area contributed by atoms with Crippen LogP contribution in [0.1, 0.15) is 57.1 Å². The molecule has 3 N–H and O–H groups in total. The summed E-state index contributed by atoms with van der Waals surface area (Å²) in [5.41, 5.74) is 8.59. The van der Waals surface area contributed by atoms with Gasteiger partial charge in [-0.1, -0.05) is 43.5 Å². The van der Waals surface area contributed by atoms with E-state index in [1.54, 1.807) is 0 Å². The zero-order chi connectivity index (χ0) is 18.4. The second-order valence-corrected chi connectivity index (χ2v) is 7.95. The molecule has 1 aromatic rings. The Morgan fingerprint density at radius 3 is 2.35 bits per heavy atom. The third-order valence-electron chi connectivity index (χ3n) is 5.31. The predicted molar refractivity (Wildman–Crippen MR) is 107 cm³/mol. The second-order valence-electron chi connectivity index (χ2n) is 7.95. The highest BCUT2D eigenvalue weighted by atomic mass is 16.5. The molecular weight excluding hydrogens is 324 g/mol. The van der Waals surface area contributed by atoms with Crippen molar-refractivity contribution >= 4 is 5.96 Å². The summed E-state index contributed by atoms with van der Waals surface area (Å²) in [7, 11) is 0. The number of nitrogens with two attached hydrogens (primary N) is 1. The van der Waals surface area contributed by atoms with Crippen molar-refractivity contribution in [2.24, 2.45) is 10.7 Å². The standard InChI is InChI=1S/C21H34N4O/c1-16-13-25(14-17(2)26-16)15-19-10-8-18(9-11-19)12-23-21(22)24-20-6-4-3-5-7-20/h8-11,16-17,20H,3-7,12-15H2,1-2H3,(H3,22,23,24). The van der Waals surface area contributed by atoms with Crippen LogP contribution in [-0.2, 0) is 17.8 Å². The molecule has 1 saturated heterocycles. The molecule has 2 unspecified atom stereocenters. The zero-order valence-corrected chi connectivity index (χ0v) is 16.3. The van der Waals surface area contributed by atoms with Crippen molar-refractivity contribution in [3.63, 3.8) is 0 Å². The Balaban J connectivity index is 1.47. The van der Waals surface area contributed by atoms with Crippen LogP contribution in [0.3, 0.4) is 0 Å². The molecule has 2 atom stereocenters. The van der Waals surface area contributed by atoms with Gasteiger partial charge in [0, 0.05) is 25.7 Å². The van der Waals surface area contributed by atoms with Crippen LogP contribution in [0, 0.1) is 0 Å². The van der Waals surface area contributed by atoms with E-state index in [0.29, 0.717) is 30.8 Å². The van der Waals surface area contributed by atoms with Crippen LogP contribution >= 0.6 is 0 Å². The van der Waals surface area contributed by atoms with E-state index in [4.69, 9.17) is 10.5 Å². The molecule has 1 aliphatic carbocycles. The number of aliphatic imine (C=N–C) groups is 1. The first-order valence-corrected chi connectivity index (χ1v) is 10.1. The molecule has 1 aliphatic heterocycles. The van der Waals surface area contributed by atoms with E-state index in [2.05, 4.69) is 53.3 Å². The molecular formula is C21H34N4O. The third kappa shape index (κ3) is 5.99. The first-order valence-electron chi connectivity index (χ1n) is 10.1. The Bertz CT molecular complexity index is 570. The van der Waals surface area contributed by atoms with Crippen LogP contribution in [0.4, 0.5) is 0 Å². The van der Waals surface area contributed by atoms with E-state index < -0.39 is 0 Å². The Labute approximate surface area is 158 Å². The Hall–Kier alpha value is -1.59. The highest BCUT2D eigenvalue weighted by Crippen LogP contribution is 2.17. The SMILES string of the molecule is CC1CN(Cc2ccc(CN=C(N)NC3CCCCC3)cc2)CC(C)O1. The summed E-state index contributed by atoms with van der Waals surface area (Å²) in [6, 6.07) is 9.26. The number of nitrogens with zero attached hydrogens (tertiary/aromatic N) is 2. The summed E-state index contributed by atoms with van der Waals surface area (Å²) in [5, 5.41) is 3.37. The second kappa shape index (κ2) is 9.38. The van der Waals surface area contributed by atoms with E-state index in [-0.39, 0.29) is 0 Å². The van der Waals surface area contributed by atoms with Gasteiger partial charge in [-0.15, -0.1) is 0 Å². The van der Waals surface area contributed by atoms with E-state index in [1.165, 1.54) is 43.2 Å². The van der Waals surface area contributed by atoms with Crippen molar-refractivity contribution in [1.29, 1.82) is 0 Å². The maximum Gasteiger partial charge on any atom is 0.189 e. The van der Waals surface area contributed by atoms with Crippen LogP contribution in [0.2, 0.25) is 0 Å². The van der Waals surface area contributed by atoms with Gasteiger partial charge in [0.25, 0.3) is 0 Å². The lowest BCUT2D eigenvalue weighted by Gasteiger charge is -2.35. The van der Waals surface area contributed by atoms with E-state index in [9.17, 15) is 0 Å². The molecule has 0 amide bonds. The van der Waals surface area contributed by atoms with Gasteiger partial charge >= 0.3 is 0 Å². The number of guanidine groups is 1. The van der Waals surface area contributed by atoms with Gasteiger partial charge in [0.2, 0.25) is 0 Å². The molecule has 5 heteroatoms. The summed E-state index contributed by atoms with van der Waals surface area (Å²) in [6.45, 7) is 7.91. The fraction of sp³-hybridized carbons (Fsp3) is 0.667. The Morgan fingerprint density at radius 2 is 1.69 bits per heavy atom. The normalized spacial score (nSPS) is 26.0. The molecule has 144 valence electrons. The smallest absolute Gasteiger partial charge is 0.189 e. The number of hydrogen-bond donors (Lipinski definition) is 2. The largest absolute Gasteiger partial charge is 0.373 e. The number of hydrogen-bond acceptors (Lipinski definition) is 3. The van der Waals surface area contributed by atoms with Crippen molar-refractivity contribution in [3.8, 4) is 0 Å². The average Bonchev–Trinajstić information content (AvgIpc) is 2.61. The van der Waals surface area contributed by atoms with Crippen molar-refractivity contribution in [2.45, 2.75) is 77.3 Å². The molecule has 2 aliphatic rings. The van der Waals surface area contributed by atoms with Gasteiger partial charge in [0.1, 0.15) is 0 Å². The Kier molecular flexibility index (Phi) is 6.92. The van der Waals surface area contributed by atoms with Gasteiger partial charge in [-0.2, -0.15) is 0 Å². The number of morpholine rings is 1. The summed E-state index contributed by atoms with van der Waals surface area (Å²) < 4.78 is 5.81. The molecule has 5 nitrogen and oxygen atoms in total. The first kappa shape index (κ1) is 19.2. The number of rotatable bonds is 5. The van der Waals surface area contributed by atoms with Gasteiger partial charge in [0.15, 0.2) is 5.96 Å². The van der Waals surface area contributed by atoms with Crippen molar-refractivity contribution in [3.05, 3.63) is 35.4 Å². The third-order valence-corrected chi connectivity index (χ3v) is 5.31. The molecule has 0 bridgehead atoms. The summed E-state index contributed by atoms with van der Waals surface area (Å²) in [5.74, 6) is 0.581. The maximum absolute atomic E-state index is 6.05. The highest BCUT2D eigenvalue weighted by molar-refractivity contribution is 5.78. The topological polar surface area (TPSA) is 62.9 Å². The van der Waals surface area contributed by atoms with Crippen LogP contribution in [0.5, 0.6) is 0 Å². The van der Waals surface area contributed by atoms with Crippen LogP contribution in [0.25, 0.3) is 0 Å². The van der Waals surface area contributed by atoms with Gasteiger partial charge in [0.05, 0.1) is 18.8 Å². The minimum absolute atomic E-state index is 0.312. The lowest BCUT2D eigenvalue weighted by atomic mass is 9.96. The van der Waals surface area contributed by atoms with Crippen molar-refractivity contribution in [2.75, 3.05) is 13.1 Å². The van der Waals surface area contributed by atoms with E-state index in [1.807, 2.05) is 0 Å². The van der Waals surface area contributed by atoms with Crippen molar-refractivity contribution < 1.29 is 4.74 Å². The van der Waals surface area contributed by atoms with Gasteiger partial charge in [-0.05, 0) is 37.8 Å². The van der Waals surface area contributed by atoms with Crippen LogP contribution in [0.15, 0.2) is 29.3 Å². The van der Waals surface area contributed by atoms with Crippen LogP contribution < -0.4 is 11.1 Å². The number of nitrogens with one attached hydrogen (secondary N) is 1. The monoisotopic (exact) mass is 358 g/mol. The zero-order valence-electron chi connectivity index (χ0n) is 16.3. The quantitative estimate of drug-likeness (QED) is 0.627. The fourth-order valence-electron chi connectivity index (χ4n) is 4.10. The minimum atomic E-state index is 0.312. The van der Waals surface area contributed by atoms with Crippen molar-refractivity contribution in [1.82, 2.24) is 10.2 Å². The molecule has 1 saturated carbocycles. The lowest BCUT2D eigenvalue weighted by molar-refractivity contribution is -0.0704. The number of ether oxygens (including phenoxy) is 1. The molecule has 0 radical (unpaired) electrons. The fourth-order valence-corrected chi connectivity index (χ4v) is 4.10. The van der Waals surface area contributed by atoms with Crippen LogP contribution in [-0.4, -0.2) is 42.2 Å². The van der Waals surface area contributed by atoms with Gasteiger partial charge in [-0.3, -0.25) is 4.90 Å². The maximum atomic E-state index is 6.05. The number of benzene rings is 1. The molecule has 1 aromatic carbocycles. The lowest BCUT2D eigenvalue weighted by Crippen LogP contribution is -2.44. The van der Waals surface area contributed by atoms with E-state index in [0.717, 1.165) is 19.6 Å². The average molecular weight is 359 g/mol. The molecule has 1 heterocycles. The molecule has 26 heavy (non-hydrogen) atoms. The minimum Gasteiger partial charge on any atom is -0.373 e. The van der Waals surface area contributed by atoms with Gasteiger partial charge in [-0.25, -0.2) is 4.99 Å². The van der Waals surface area contributed by atoms with E-state index >= 15 is 0 Å². The Morgan fingerprint density at radius 1 is 1.08 bits per heavy atom.